The minimum Gasteiger partial charge on any atom is -0.497 e. The maximum Gasteiger partial charge on any atom is 0.289 e. The summed E-state index contributed by atoms with van der Waals surface area (Å²) in [4.78, 5) is 14.5. The Labute approximate surface area is 162 Å². The summed E-state index contributed by atoms with van der Waals surface area (Å²) in [6, 6.07) is 11.3. The SMILES string of the molecule is COc1ccc(-c2n[nH]c3c2COC[C@]32CCN(C(=O)c3ccco3)C2)cc1. The van der Waals surface area contributed by atoms with Gasteiger partial charge in [-0.25, -0.2) is 0 Å². The quantitative estimate of drug-likeness (QED) is 0.757. The molecule has 0 saturated carbocycles. The van der Waals surface area contributed by atoms with E-state index in [2.05, 4.69) is 10.2 Å². The van der Waals surface area contributed by atoms with Crippen molar-refractivity contribution in [2.24, 2.45) is 0 Å². The minimum absolute atomic E-state index is 0.0797. The molecule has 0 unspecified atom stereocenters. The number of aromatic nitrogens is 2. The Hall–Kier alpha value is -3.06. The van der Waals surface area contributed by atoms with Crippen molar-refractivity contribution in [2.75, 3.05) is 26.8 Å². The van der Waals surface area contributed by atoms with Gasteiger partial charge in [0.15, 0.2) is 5.76 Å². The van der Waals surface area contributed by atoms with Crippen molar-refractivity contribution in [3.8, 4) is 17.0 Å². The van der Waals surface area contributed by atoms with Crippen LogP contribution in [-0.2, 0) is 16.8 Å². The molecule has 2 aromatic heterocycles. The van der Waals surface area contributed by atoms with Crippen molar-refractivity contribution in [3.63, 3.8) is 0 Å². The fourth-order valence-electron chi connectivity index (χ4n) is 4.28. The number of benzene rings is 1. The predicted molar refractivity (Wildman–Crippen MR) is 101 cm³/mol. The van der Waals surface area contributed by atoms with Gasteiger partial charge in [-0.15, -0.1) is 0 Å². The lowest BCUT2D eigenvalue weighted by Gasteiger charge is -2.32. The van der Waals surface area contributed by atoms with Gasteiger partial charge in [-0.2, -0.15) is 5.10 Å². The molecule has 1 atom stereocenters. The van der Waals surface area contributed by atoms with Crippen LogP contribution in [0.4, 0.5) is 0 Å². The molecule has 3 aromatic rings. The fraction of sp³-hybridized carbons (Fsp3) is 0.333. The summed E-state index contributed by atoms with van der Waals surface area (Å²) in [5.41, 5.74) is 3.81. The number of carbonyl (C=O) groups is 1. The van der Waals surface area contributed by atoms with Crippen molar-refractivity contribution in [1.29, 1.82) is 0 Å². The van der Waals surface area contributed by atoms with Crippen LogP contribution in [0.25, 0.3) is 11.3 Å². The third-order valence-corrected chi connectivity index (χ3v) is 5.76. The van der Waals surface area contributed by atoms with Crippen molar-refractivity contribution in [1.82, 2.24) is 15.1 Å². The molecule has 1 N–H and O–H groups in total. The average Bonchev–Trinajstić information content (AvgIpc) is 3.48. The Balaban J connectivity index is 1.45. The number of rotatable bonds is 3. The number of amides is 1. The first-order chi connectivity index (χ1) is 13.7. The standard InChI is InChI=1S/C21H21N3O4/c1-26-15-6-4-14(5-7-15)18-16-11-27-13-21(19(16)23-22-18)8-9-24(12-21)20(25)17-3-2-10-28-17/h2-7,10H,8-9,11-13H2,1H3,(H,22,23)/t21-/m1/s1. The zero-order valence-corrected chi connectivity index (χ0v) is 15.6. The van der Waals surface area contributed by atoms with E-state index in [1.54, 1.807) is 19.2 Å². The van der Waals surface area contributed by atoms with Crippen molar-refractivity contribution in [3.05, 3.63) is 59.7 Å². The monoisotopic (exact) mass is 379 g/mol. The number of aromatic amines is 1. The summed E-state index contributed by atoms with van der Waals surface area (Å²) in [6.45, 7) is 2.34. The van der Waals surface area contributed by atoms with Gasteiger partial charge in [0.1, 0.15) is 5.75 Å². The van der Waals surface area contributed by atoms with E-state index in [0.29, 0.717) is 32.1 Å². The van der Waals surface area contributed by atoms with Crippen LogP contribution in [0.1, 0.15) is 28.2 Å². The van der Waals surface area contributed by atoms with Gasteiger partial charge in [0.05, 0.1) is 43.4 Å². The number of fused-ring (bicyclic) bond motifs is 2. The molecule has 0 radical (unpaired) electrons. The number of likely N-dealkylation sites (tertiary alicyclic amines) is 1. The maximum absolute atomic E-state index is 12.7. The van der Waals surface area contributed by atoms with Gasteiger partial charge in [-0.05, 0) is 42.8 Å². The lowest BCUT2D eigenvalue weighted by atomic mass is 9.80. The first-order valence-electron chi connectivity index (χ1n) is 9.33. The molecule has 28 heavy (non-hydrogen) atoms. The Morgan fingerprint density at radius 1 is 1.29 bits per heavy atom. The second kappa shape index (κ2) is 6.53. The number of methoxy groups -OCH3 is 1. The Kier molecular flexibility index (Phi) is 3.98. The Morgan fingerprint density at radius 3 is 2.89 bits per heavy atom. The molecule has 2 aliphatic heterocycles. The summed E-state index contributed by atoms with van der Waals surface area (Å²) >= 11 is 0. The van der Waals surface area contributed by atoms with Gasteiger partial charge < -0.3 is 18.8 Å². The molecule has 5 rings (SSSR count). The molecule has 7 heteroatoms. The van der Waals surface area contributed by atoms with Crippen LogP contribution < -0.4 is 4.74 Å². The highest BCUT2D eigenvalue weighted by atomic mass is 16.5. The molecule has 1 fully saturated rings. The minimum atomic E-state index is -0.256. The van der Waals surface area contributed by atoms with E-state index in [1.165, 1.54) is 6.26 Å². The van der Waals surface area contributed by atoms with E-state index in [0.717, 1.165) is 34.7 Å². The zero-order valence-electron chi connectivity index (χ0n) is 15.6. The van der Waals surface area contributed by atoms with Crippen LogP contribution in [0, 0.1) is 0 Å². The number of carbonyl (C=O) groups excluding carboxylic acids is 1. The smallest absolute Gasteiger partial charge is 0.289 e. The predicted octanol–water partition coefficient (Wildman–Crippen LogP) is 2.99. The molecule has 4 heterocycles. The van der Waals surface area contributed by atoms with Crippen LogP contribution in [0.3, 0.4) is 0 Å². The molecule has 1 spiro atoms. The van der Waals surface area contributed by atoms with E-state index in [4.69, 9.17) is 13.9 Å². The van der Waals surface area contributed by atoms with Crippen molar-refractivity contribution >= 4 is 5.91 Å². The van der Waals surface area contributed by atoms with Crippen molar-refractivity contribution < 1.29 is 18.7 Å². The van der Waals surface area contributed by atoms with E-state index in [-0.39, 0.29) is 11.3 Å². The van der Waals surface area contributed by atoms with Gasteiger partial charge in [0, 0.05) is 24.2 Å². The molecule has 1 saturated heterocycles. The highest BCUT2D eigenvalue weighted by Gasteiger charge is 2.47. The summed E-state index contributed by atoms with van der Waals surface area (Å²) < 4.78 is 16.5. The van der Waals surface area contributed by atoms with E-state index < -0.39 is 0 Å². The van der Waals surface area contributed by atoms with Gasteiger partial charge in [-0.1, -0.05) is 0 Å². The fourth-order valence-corrected chi connectivity index (χ4v) is 4.28. The van der Waals surface area contributed by atoms with Gasteiger partial charge in [-0.3, -0.25) is 9.89 Å². The van der Waals surface area contributed by atoms with E-state index in [1.807, 2.05) is 29.2 Å². The van der Waals surface area contributed by atoms with Crippen molar-refractivity contribution in [2.45, 2.75) is 18.4 Å². The van der Waals surface area contributed by atoms with Crippen LogP contribution >= 0.6 is 0 Å². The van der Waals surface area contributed by atoms with Gasteiger partial charge in [0.25, 0.3) is 5.91 Å². The van der Waals surface area contributed by atoms with Gasteiger partial charge >= 0.3 is 0 Å². The largest absolute Gasteiger partial charge is 0.497 e. The maximum atomic E-state index is 12.7. The number of H-pyrrole nitrogens is 1. The summed E-state index contributed by atoms with van der Waals surface area (Å²) in [5.74, 6) is 1.10. The molecule has 1 amide bonds. The second-order valence-electron chi connectivity index (χ2n) is 7.38. The Morgan fingerprint density at radius 2 is 2.14 bits per heavy atom. The van der Waals surface area contributed by atoms with Crippen LogP contribution in [-0.4, -0.2) is 47.8 Å². The number of ether oxygens (including phenoxy) is 2. The number of hydrogen-bond acceptors (Lipinski definition) is 5. The summed E-state index contributed by atoms with van der Waals surface area (Å²) in [7, 11) is 1.65. The number of nitrogens with zero attached hydrogens (tertiary/aromatic N) is 2. The van der Waals surface area contributed by atoms with Crippen LogP contribution in [0.15, 0.2) is 47.1 Å². The third-order valence-electron chi connectivity index (χ3n) is 5.76. The highest BCUT2D eigenvalue weighted by Crippen LogP contribution is 2.42. The summed E-state index contributed by atoms with van der Waals surface area (Å²) in [6.07, 6.45) is 2.35. The number of nitrogens with one attached hydrogen (secondary N) is 1. The molecule has 7 nitrogen and oxygen atoms in total. The topological polar surface area (TPSA) is 80.6 Å². The van der Waals surface area contributed by atoms with E-state index >= 15 is 0 Å². The summed E-state index contributed by atoms with van der Waals surface area (Å²) in [5, 5.41) is 7.85. The molecule has 0 aliphatic carbocycles. The highest BCUT2D eigenvalue weighted by molar-refractivity contribution is 5.91. The van der Waals surface area contributed by atoms with E-state index in [9.17, 15) is 4.79 Å². The number of furan rings is 1. The lowest BCUT2D eigenvalue weighted by Crippen LogP contribution is -2.40. The lowest BCUT2D eigenvalue weighted by molar-refractivity contribution is 0.0493. The molecule has 144 valence electrons. The van der Waals surface area contributed by atoms with Gasteiger partial charge in [0.2, 0.25) is 0 Å². The Bertz CT molecular complexity index is 993. The van der Waals surface area contributed by atoms with Crippen LogP contribution in [0.5, 0.6) is 5.75 Å². The third kappa shape index (κ3) is 2.62. The molecular weight excluding hydrogens is 358 g/mol. The van der Waals surface area contributed by atoms with Crippen LogP contribution in [0.2, 0.25) is 0 Å². The molecule has 1 aromatic carbocycles. The molecule has 2 aliphatic rings. The first-order valence-corrected chi connectivity index (χ1v) is 9.33. The second-order valence-corrected chi connectivity index (χ2v) is 7.38. The molecule has 0 bridgehead atoms. The number of hydrogen-bond donors (Lipinski definition) is 1. The molecular formula is C21H21N3O4. The zero-order chi connectivity index (χ0) is 19.1. The average molecular weight is 379 g/mol. The normalized spacial score (nSPS) is 21.1. The first kappa shape index (κ1) is 17.1.